The molecule has 4 rings (SSSR count). The molecule has 1 aromatic rings. The smallest absolute Gasteiger partial charge is 0.474 e. The fourth-order valence-electron chi connectivity index (χ4n) is 4.87. The van der Waals surface area contributed by atoms with Gasteiger partial charge >= 0.3 is 7.12 Å². The zero-order valence-electron chi connectivity index (χ0n) is 21.2. The van der Waals surface area contributed by atoms with Crippen LogP contribution in [0.3, 0.4) is 0 Å². The maximum atomic E-state index is 11.5. The van der Waals surface area contributed by atoms with Gasteiger partial charge in [-0.3, -0.25) is 4.68 Å². The SMILES string of the molecule is CC.Cn1nc(OCC(C)(C)O)cc1[C@]1(O)C[C@H]2CC(B3OC(C)(C)C(C)(C)O3)=C[C@H]2C1. The molecule has 1 aromatic heterocycles. The fourth-order valence-corrected chi connectivity index (χ4v) is 4.87. The minimum absolute atomic E-state index is 0.146. The summed E-state index contributed by atoms with van der Waals surface area (Å²) < 4.78 is 19.8. The van der Waals surface area contributed by atoms with Gasteiger partial charge in [0.05, 0.1) is 22.5 Å². The Bertz CT molecular complexity index is 841. The predicted molar refractivity (Wildman–Crippen MR) is 125 cm³/mol. The van der Waals surface area contributed by atoms with E-state index < -0.39 is 11.2 Å². The predicted octanol–water partition coefficient (Wildman–Crippen LogP) is 3.77. The van der Waals surface area contributed by atoms with Crippen LogP contribution in [0.5, 0.6) is 5.88 Å². The Morgan fingerprint density at radius 1 is 1.19 bits per heavy atom. The van der Waals surface area contributed by atoms with Gasteiger partial charge in [-0.05, 0) is 78.1 Å². The first-order valence-electron chi connectivity index (χ1n) is 11.9. The molecule has 0 amide bonds. The van der Waals surface area contributed by atoms with Gasteiger partial charge in [0.25, 0.3) is 0 Å². The van der Waals surface area contributed by atoms with Gasteiger partial charge in [0.1, 0.15) is 12.2 Å². The Hall–Kier alpha value is -1.35. The van der Waals surface area contributed by atoms with E-state index in [4.69, 9.17) is 14.0 Å². The monoisotopic (exact) mass is 448 g/mol. The van der Waals surface area contributed by atoms with Crippen molar-refractivity contribution in [3.05, 3.63) is 23.3 Å². The molecule has 0 aromatic carbocycles. The number of aromatic nitrogens is 2. The van der Waals surface area contributed by atoms with Crippen molar-refractivity contribution in [2.75, 3.05) is 6.61 Å². The summed E-state index contributed by atoms with van der Waals surface area (Å²) in [6.07, 6.45) is 4.45. The molecule has 1 aliphatic heterocycles. The van der Waals surface area contributed by atoms with Crippen LogP contribution in [0.2, 0.25) is 0 Å². The molecular weight excluding hydrogens is 407 g/mol. The second-order valence-corrected chi connectivity index (χ2v) is 11.0. The molecule has 3 atom stereocenters. The minimum Gasteiger partial charge on any atom is -0.474 e. The molecule has 180 valence electrons. The Kier molecular flexibility index (Phi) is 6.68. The number of allylic oxidation sites excluding steroid dienone is 2. The molecule has 0 spiro atoms. The van der Waals surface area contributed by atoms with E-state index in [9.17, 15) is 10.2 Å². The number of aryl methyl sites for hydroxylation is 1. The molecule has 2 aliphatic carbocycles. The highest BCUT2D eigenvalue weighted by atomic mass is 16.7. The molecule has 1 saturated carbocycles. The summed E-state index contributed by atoms with van der Waals surface area (Å²) >= 11 is 0. The van der Waals surface area contributed by atoms with Crippen LogP contribution in [0.25, 0.3) is 0 Å². The molecule has 2 N–H and O–H groups in total. The molecule has 0 bridgehead atoms. The third kappa shape index (κ3) is 4.79. The number of nitrogens with zero attached hydrogens (tertiary/aromatic N) is 2. The summed E-state index contributed by atoms with van der Waals surface area (Å²) in [4.78, 5) is 0. The third-order valence-electron chi connectivity index (χ3n) is 7.17. The van der Waals surface area contributed by atoms with E-state index in [-0.39, 0.29) is 24.9 Å². The normalized spacial score (nSPS) is 30.6. The van der Waals surface area contributed by atoms with Gasteiger partial charge < -0.3 is 24.3 Å². The van der Waals surface area contributed by atoms with Crippen LogP contribution in [0.15, 0.2) is 17.6 Å². The zero-order valence-corrected chi connectivity index (χ0v) is 21.2. The van der Waals surface area contributed by atoms with Crippen LogP contribution >= 0.6 is 0 Å². The lowest BCUT2D eigenvalue weighted by Gasteiger charge is -2.32. The fraction of sp³-hybridized carbons (Fsp3) is 0.792. The number of fused-ring (bicyclic) bond motifs is 1. The first-order valence-corrected chi connectivity index (χ1v) is 11.9. The molecule has 3 aliphatic rings. The average Bonchev–Trinajstić information content (AvgIpc) is 3.35. The van der Waals surface area contributed by atoms with Crippen LogP contribution in [0, 0.1) is 11.8 Å². The second-order valence-electron chi connectivity index (χ2n) is 11.0. The van der Waals surface area contributed by atoms with Gasteiger partial charge in [0.2, 0.25) is 5.88 Å². The van der Waals surface area contributed by atoms with Gasteiger partial charge in [0.15, 0.2) is 0 Å². The molecule has 2 fully saturated rings. The van der Waals surface area contributed by atoms with E-state index in [1.54, 1.807) is 24.6 Å². The third-order valence-corrected chi connectivity index (χ3v) is 7.17. The first kappa shape index (κ1) is 25.3. The highest BCUT2D eigenvalue weighted by Gasteiger charge is 2.55. The molecule has 8 heteroatoms. The topological polar surface area (TPSA) is 86.0 Å². The molecule has 7 nitrogen and oxygen atoms in total. The minimum atomic E-state index is -0.939. The van der Waals surface area contributed by atoms with Crippen molar-refractivity contribution >= 4 is 7.12 Å². The van der Waals surface area contributed by atoms with Crippen molar-refractivity contribution in [2.45, 2.75) is 97.1 Å². The van der Waals surface area contributed by atoms with E-state index in [1.165, 1.54) is 5.47 Å². The number of hydrogen-bond acceptors (Lipinski definition) is 6. The molecule has 32 heavy (non-hydrogen) atoms. The Morgan fingerprint density at radius 3 is 2.31 bits per heavy atom. The van der Waals surface area contributed by atoms with E-state index in [1.807, 2.05) is 20.9 Å². The van der Waals surface area contributed by atoms with E-state index in [2.05, 4.69) is 38.9 Å². The highest BCUT2D eigenvalue weighted by Crippen LogP contribution is 2.53. The quantitative estimate of drug-likeness (QED) is 0.667. The van der Waals surface area contributed by atoms with Crippen LogP contribution in [0.1, 0.15) is 80.3 Å². The summed E-state index contributed by atoms with van der Waals surface area (Å²) in [7, 11) is 1.52. The second kappa shape index (κ2) is 8.46. The molecule has 0 unspecified atom stereocenters. The summed E-state index contributed by atoms with van der Waals surface area (Å²) in [5.41, 5.74) is -0.603. The first-order chi connectivity index (χ1) is 14.7. The lowest BCUT2D eigenvalue weighted by atomic mass is 9.76. The maximum absolute atomic E-state index is 11.5. The van der Waals surface area contributed by atoms with Gasteiger partial charge in [-0.1, -0.05) is 19.9 Å². The number of hydrogen-bond donors (Lipinski definition) is 2. The van der Waals surface area contributed by atoms with Crippen molar-refractivity contribution in [3.8, 4) is 5.88 Å². The van der Waals surface area contributed by atoms with Crippen molar-refractivity contribution < 1.29 is 24.3 Å². The van der Waals surface area contributed by atoms with Gasteiger partial charge in [-0.25, -0.2) is 0 Å². The Morgan fingerprint density at radius 2 is 1.78 bits per heavy atom. The summed E-state index contributed by atoms with van der Waals surface area (Å²) in [5, 5.41) is 25.7. The Balaban J connectivity index is 0.00000141. The Labute approximate surface area is 193 Å². The van der Waals surface area contributed by atoms with Crippen LogP contribution in [-0.4, -0.2) is 50.5 Å². The van der Waals surface area contributed by atoms with Crippen molar-refractivity contribution in [1.29, 1.82) is 0 Å². The summed E-state index contributed by atoms with van der Waals surface area (Å²) in [6.45, 7) is 15.8. The maximum Gasteiger partial charge on any atom is 0.490 e. The molecule has 1 saturated heterocycles. The van der Waals surface area contributed by atoms with E-state index in [0.29, 0.717) is 30.6 Å². The van der Waals surface area contributed by atoms with Crippen molar-refractivity contribution in [2.24, 2.45) is 18.9 Å². The molecule has 0 radical (unpaired) electrons. The van der Waals surface area contributed by atoms with Crippen LogP contribution in [-0.2, 0) is 22.0 Å². The van der Waals surface area contributed by atoms with Crippen LogP contribution in [0.4, 0.5) is 0 Å². The zero-order chi connectivity index (χ0) is 24.1. The van der Waals surface area contributed by atoms with Crippen molar-refractivity contribution in [1.82, 2.24) is 9.78 Å². The van der Waals surface area contributed by atoms with Crippen molar-refractivity contribution in [3.63, 3.8) is 0 Å². The van der Waals surface area contributed by atoms with Gasteiger partial charge in [-0.2, -0.15) is 0 Å². The molecular formula is C24H41BN2O5. The number of aliphatic hydroxyl groups is 2. The largest absolute Gasteiger partial charge is 0.490 e. The van der Waals surface area contributed by atoms with E-state index in [0.717, 1.165) is 12.1 Å². The van der Waals surface area contributed by atoms with Crippen LogP contribution < -0.4 is 4.74 Å². The van der Waals surface area contributed by atoms with Gasteiger partial charge in [0, 0.05) is 13.1 Å². The molecule has 2 heterocycles. The average molecular weight is 448 g/mol. The standard InChI is InChI=1S/C22H35BN2O5.C2H6/c1-19(2,26)13-28-18-10-17(25(7)24-18)22(27)11-14-8-16(9-15(14)12-22)23-29-20(3,4)21(5,6)30-23;1-2/h8,10,14-15,26-27H,9,11-13H2,1-7H3;1-2H3/t14-,15+,22+;/m0./s1. The lowest BCUT2D eigenvalue weighted by molar-refractivity contribution is 0.00578. The number of ether oxygens (including phenoxy) is 1. The summed E-state index contributed by atoms with van der Waals surface area (Å²) in [5.74, 6) is 1.08. The number of rotatable bonds is 5. The highest BCUT2D eigenvalue weighted by molar-refractivity contribution is 6.54. The van der Waals surface area contributed by atoms with E-state index >= 15 is 0 Å². The summed E-state index contributed by atoms with van der Waals surface area (Å²) in [6, 6.07) is 1.80. The van der Waals surface area contributed by atoms with Gasteiger partial charge in [-0.15, -0.1) is 5.10 Å². The lowest BCUT2D eigenvalue weighted by Crippen LogP contribution is -2.41.